The summed E-state index contributed by atoms with van der Waals surface area (Å²) in [5, 5.41) is 1.67. The van der Waals surface area contributed by atoms with E-state index in [0.29, 0.717) is 5.44 Å². The summed E-state index contributed by atoms with van der Waals surface area (Å²) in [6, 6.07) is 33.0. The molecule has 4 aromatic rings. The third kappa shape index (κ3) is 3.80. The summed E-state index contributed by atoms with van der Waals surface area (Å²) < 4.78 is 31.4. The van der Waals surface area contributed by atoms with Gasteiger partial charge in [0.15, 0.2) is 0 Å². The van der Waals surface area contributed by atoms with E-state index in [1.54, 1.807) is 36.5 Å². The summed E-state index contributed by atoms with van der Waals surface area (Å²) >= 11 is 0. The molecule has 0 radical (unpaired) electrons. The van der Waals surface area contributed by atoms with Gasteiger partial charge in [0.05, 0.1) is 17.4 Å². The molecule has 0 spiro atoms. The number of nitrogens with zero attached hydrogens (tertiary/aromatic N) is 2. The molecular formula is C23H19N2O2PS. The molecule has 1 heterocycles. The van der Waals surface area contributed by atoms with E-state index in [1.165, 1.54) is 0 Å². The van der Waals surface area contributed by atoms with E-state index >= 15 is 0 Å². The molecule has 144 valence electrons. The molecule has 0 atom stereocenters. The van der Waals surface area contributed by atoms with E-state index in [4.69, 9.17) is 0 Å². The fraction of sp³-hybridized carbons (Fsp3) is 0. The van der Waals surface area contributed by atoms with Crippen molar-refractivity contribution in [3.05, 3.63) is 115 Å². The number of benzene rings is 3. The van der Waals surface area contributed by atoms with Crippen LogP contribution in [0, 0.1) is 0 Å². The molecule has 0 N–H and O–H groups in total. The lowest BCUT2D eigenvalue weighted by Gasteiger charge is -2.25. The molecule has 0 bridgehead atoms. The highest BCUT2D eigenvalue weighted by atomic mass is 32.2. The highest BCUT2D eigenvalue weighted by Gasteiger charge is 2.32. The summed E-state index contributed by atoms with van der Waals surface area (Å²) in [6.07, 6.45) is 1.68. The number of pyridine rings is 1. The number of sulfonamides is 1. The van der Waals surface area contributed by atoms with Crippen LogP contribution < -0.4 is 16.0 Å². The van der Waals surface area contributed by atoms with E-state index < -0.39 is 17.1 Å². The largest absolute Gasteiger partial charge is 0.281 e. The fourth-order valence-corrected chi connectivity index (χ4v) is 9.01. The number of hydrogen-bond acceptors (Lipinski definition) is 3. The predicted octanol–water partition coefficient (Wildman–Crippen LogP) is 3.95. The van der Waals surface area contributed by atoms with Crippen LogP contribution in [0.3, 0.4) is 0 Å². The van der Waals surface area contributed by atoms with Crippen LogP contribution in [-0.4, -0.2) is 13.4 Å². The van der Waals surface area contributed by atoms with Crippen LogP contribution in [0.15, 0.2) is 124 Å². The Hall–Kier alpha value is -3.01. The Balaban J connectivity index is 2.15. The van der Waals surface area contributed by atoms with Crippen molar-refractivity contribution in [2.75, 3.05) is 0 Å². The molecule has 0 aliphatic heterocycles. The molecule has 29 heavy (non-hydrogen) atoms. The SMILES string of the molecule is O=S(=O)(N=P(c1ccccc1)(c1ccccc1)c1ccccn1)c1ccccc1. The van der Waals surface area contributed by atoms with Crippen molar-refractivity contribution in [1.29, 1.82) is 0 Å². The lowest BCUT2D eigenvalue weighted by atomic mass is 10.4. The lowest BCUT2D eigenvalue weighted by molar-refractivity contribution is 0.598. The van der Waals surface area contributed by atoms with Crippen molar-refractivity contribution in [3.63, 3.8) is 0 Å². The average Bonchev–Trinajstić information content (AvgIpc) is 2.80. The monoisotopic (exact) mass is 418 g/mol. The molecule has 4 nitrogen and oxygen atoms in total. The first-order valence-electron chi connectivity index (χ1n) is 9.09. The van der Waals surface area contributed by atoms with Gasteiger partial charge in [-0.3, -0.25) is 4.98 Å². The van der Waals surface area contributed by atoms with Crippen molar-refractivity contribution in [3.8, 4) is 0 Å². The highest BCUT2D eigenvalue weighted by molar-refractivity contribution is 7.99. The van der Waals surface area contributed by atoms with Gasteiger partial charge in [-0.25, -0.2) is 0 Å². The van der Waals surface area contributed by atoms with Crippen LogP contribution in [0.1, 0.15) is 0 Å². The Kier molecular flexibility index (Phi) is 5.43. The Morgan fingerprint density at radius 3 is 1.59 bits per heavy atom. The van der Waals surface area contributed by atoms with Gasteiger partial charge in [-0.05, 0) is 24.3 Å². The number of rotatable bonds is 5. The van der Waals surface area contributed by atoms with E-state index in [1.807, 2.05) is 78.9 Å². The van der Waals surface area contributed by atoms with Crippen molar-refractivity contribution in [2.45, 2.75) is 4.90 Å². The first-order valence-corrected chi connectivity index (χ1v) is 12.3. The molecule has 0 aliphatic carbocycles. The molecule has 4 rings (SSSR count). The van der Waals surface area contributed by atoms with Gasteiger partial charge in [-0.2, -0.15) is 12.6 Å². The fourth-order valence-electron chi connectivity index (χ4n) is 3.18. The Morgan fingerprint density at radius 2 is 1.10 bits per heavy atom. The molecule has 0 saturated heterocycles. The van der Waals surface area contributed by atoms with Crippen LogP contribution in [0.5, 0.6) is 0 Å². The van der Waals surface area contributed by atoms with Crippen LogP contribution in [0.4, 0.5) is 0 Å². The normalized spacial score (nSPS) is 11.7. The van der Waals surface area contributed by atoms with E-state index in [0.717, 1.165) is 10.6 Å². The molecule has 3 aromatic carbocycles. The minimum absolute atomic E-state index is 0.173. The molecule has 0 aliphatic rings. The Morgan fingerprint density at radius 1 is 0.621 bits per heavy atom. The third-order valence-corrected chi connectivity index (χ3v) is 10.2. The quantitative estimate of drug-likeness (QED) is 0.461. The van der Waals surface area contributed by atoms with Crippen molar-refractivity contribution in [2.24, 2.45) is 4.15 Å². The molecule has 1 aromatic heterocycles. The van der Waals surface area contributed by atoms with Crippen LogP contribution in [-0.2, 0) is 10.0 Å². The summed E-state index contributed by atoms with van der Waals surface area (Å²) in [4.78, 5) is 4.75. The maximum atomic E-state index is 13.4. The zero-order valence-electron chi connectivity index (χ0n) is 15.5. The van der Waals surface area contributed by atoms with Gasteiger partial charge in [-0.1, -0.05) is 84.9 Å². The second-order valence-corrected chi connectivity index (χ2v) is 11.2. The Labute approximate surface area is 171 Å². The first-order chi connectivity index (χ1) is 14.1. The Bertz CT molecular complexity index is 1140. The molecule has 0 fully saturated rings. The van der Waals surface area contributed by atoms with E-state index in [9.17, 15) is 8.42 Å². The first kappa shape index (κ1) is 19.3. The van der Waals surface area contributed by atoms with Gasteiger partial charge in [-0.15, -0.1) is 0 Å². The van der Waals surface area contributed by atoms with Gasteiger partial charge in [0.1, 0.15) is 0 Å². The second-order valence-electron chi connectivity index (χ2n) is 6.36. The van der Waals surface area contributed by atoms with Gasteiger partial charge in [0.25, 0.3) is 10.0 Å². The summed E-state index contributed by atoms with van der Waals surface area (Å²) in [6.45, 7) is 0. The zero-order valence-corrected chi connectivity index (χ0v) is 17.2. The molecule has 0 saturated carbocycles. The number of hydrogen-bond donors (Lipinski definition) is 0. The van der Waals surface area contributed by atoms with Gasteiger partial charge < -0.3 is 0 Å². The standard InChI is InChI=1S/C23H19N2O2PS/c26-29(27,22-16-8-3-9-17-22)25-28(20-12-4-1-5-13-20,21-14-6-2-7-15-21)23-18-10-11-19-24-23/h1-19H. The predicted molar refractivity (Wildman–Crippen MR) is 119 cm³/mol. The molecular weight excluding hydrogens is 399 g/mol. The third-order valence-electron chi connectivity index (χ3n) is 4.51. The topological polar surface area (TPSA) is 59.4 Å². The van der Waals surface area contributed by atoms with Crippen LogP contribution in [0.25, 0.3) is 0 Å². The van der Waals surface area contributed by atoms with Crippen molar-refractivity contribution < 1.29 is 8.42 Å². The maximum Gasteiger partial charge on any atom is 0.281 e. The summed E-state index contributed by atoms with van der Waals surface area (Å²) in [5.74, 6) is 0. The van der Waals surface area contributed by atoms with Gasteiger partial charge in [0.2, 0.25) is 0 Å². The maximum absolute atomic E-state index is 13.4. The van der Waals surface area contributed by atoms with Crippen LogP contribution in [0.2, 0.25) is 0 Å². The zero-order chi connectivity index (χ0) is 20.2. The van der Waals surface area contributed by atoms with Crippen molar-refractivity contribution >= 4 is 33.1 Å². The van der Waals surface area contributed by atoms with E-state index in [-0.39, 0.29) is 4.90 Å². The second kappa shape index (κ2) is 8.16. The van der Waals surface area contributed by atoms with E-state index in [2.05, 4.69) is 9.13 Å². The molecule has 0 amide bonds. The average molecular weight is 418 g/mol. The lowest BCUT2D eigenvalue weighted by Crippen LogP contribution is -2.28. The minimum Gasteiger partial charge on any atom is -0.254 e. The van der Waals surface area contributed by atoms with Gasteiger partial charge in [0, 0.05) is 16.8 Å². The smallest absolute Gasteiger partial charge is 0.254 e. The minimum atomic E-state index is -3.93. The summed E-state index contributed by atoms with van der Waals surface area (Å²) in [5.41, 5.74) is 0.650. The van der Waals surface area contributed by atoms with Crippen molar-refractivity contribution in [1.82, 2.24) is 4.98 Å². The van der Waals surface area contributed by atoms with Crippen LogP contribution >= 0.6 is 7.05 Å². The molecule has 6 heteroatoms. The number of aromatic nitrogens is 1. The highest BCUT2D eigenvalue weighted by Crippen LogP contribution is 2.47. The summed E-state index contributed by atoms with van der Waals surface area (Å²) in [7, 11) is -6.84. The van der Waals surface area contributed by atoms with Gasteiger partial charge >= 0.3 is 0 Å². The molecule has 0 unspecified atom stereocenters.